The van der Waals surface area contributed by atoms with E-state index < -0.39 is 17.7 Å². The number of Topliss-reactive ketones (excluding diaryl/α,β-unsaturated/α-hetero) is 1. The molecule has 6 nitrogen and oxygen atoms in total. The fourth-order valence-corrected chi connectivity index (χ4v) is 4.05. The third-order valence-corrected chi connectivity index (χ3v) is 5.78. The summed E-state index contributed by atoms with van der Waals surface area (Å²) in [5.74, 6) is -1.23. The molecule has 2 aromatic rings. The Hall–Kier alpha value is -2.83. The zero-order chi connectivity index (χ0) is 23.4. The van der Waals surface area contributed by atoms with Crippen LogP contribution in [-0.2, 0) is 14.3 Å². The van der Waals surface area contributed by atoms with Crippen LogP contribution >= 0.6 is 11.6 Å². The molecule has 1 atom stereocenters. The third-order valence-electron chi connectivity index (χ3n) is 5.45. The first-order valence-electron chi connectivity index (χ1n) is 10.6. The number of ketones is 1. The number of halogens is 1. The topological polar surface area (TPSA) is 76.1 Å². The van der Waals surface area contributed by atoms with E-state index in [2.05, 4.69) is 0 Å². The number of ether oxygens (including phenoxy) is 2. The molecule has 0 bridgehead atoms. The zero-order valence-electron chi connectivity index (χ0n) is 18.7. The predicted molar refractivity (Wildman–Crippen MR) is 124 cm³/mol. The Morgan fingerprint density at radius 2 is 1.91 bits per heavy atom. The Morgan fingerprint density at radius 3 is 2.56 bits per heavy atom. The molecule has 0 aromatic heterocycles. The maximum Gasteiger partial charge on any atom is 0.295 e. The van der Waals surface area contributed by atoms with E-state index in [4.69, 9.17) is 21.1 Å². The Labute approximate surface area is 193 Å². The number of aliphatic hydroxyl groups excluding tert-OH is 1. The minimum atomic E-state index is -0.737. The number of benzene rings is 2. The molecule has 1 N–H and O–H groups in total. The second-order valence-electron chi connectivity index (χ2n) is 7.97. The van der Waals surface area contributed by atoms with Crippen molar-refractivity contribution in [1.29, 1.82) is 0 Å². The summed E-state index contributed by atoms with van der Waals surface area (Å²) in [7, 11) is 1.50. The normalized spacial score (nSPS) is 17.9. The van der Waals surface area contributed by atoms with E-state index in [1.165, 1.54) is 12.0 Å². The van der Waals surface area contributed by atoms with Crippen LogP contribution in [0.3, 0.4) is 0 Å². The minimum Gasteiger partial charge on any atom is -0.507 e. The number of carbonyl (C=O) groups is 2. The van der Waals surface area contributed by atoms with Gasteiger partial charge in [0.25, 0.3) is 11.7 Å². The number of amides is 1. The number of nitrogens with zero attached hydrogens (tertiary/aromatic N) is 1. The van der Waals surface area contributed by atoms with Crippen LogP contribution in [0.4, 0.5) is 0 Å². The molecule has 1 heterocycles. The standard InChI is InChI=1S/C25H28ClNO5/c1-15(2)32-13-7-12-27-22(18-9-6-5-8-16(18)3)21(24(29)25(27)30)23(28)19-14-17(31-4)10-11-20(19)26/h5-6,8-11,14-15,22,28H,7,12-13H2,1-4H3/b23-21+. The lowest BCUT2D eigenvalue weighted by Crippen LogP contribution is -2.31. The van der Waals surface area contributed by atoms with Crippen LogP contribution in [0.25, 0.3) is 5.76 Å². The van der Waals surface area contributed by atoms with Crippen molar-refractivity contribution in [2.45, 2.75) is 39.3 Å². The van der Waals surface area contributed by atoms with Crippen LogP contribution in [0.2, 0.25) is 5.02 Å². The van der Waals surface area contributed by atoms with Gasteiger partial charge in [0.2, 0.25) is 0 Å². The quantitative estimate of drug-likeness (QED) is 0.264. The Bertz CT molecular complexity index is 1050. The average Bonchev–Trinajstić information content (AvgIpc) is 3.01. The number of carbonyl (C=O) groups excluding carboxylic acids is 2. The van der Waals surface area contributed by atoms with Gasteiger partial charge in [0.15, 0.2) is 0 Å². The van der Waals surface area contributed by atoms with Crippen LogP contribution in [-0.4, -0.2) is 48.1 Å². The summed E-state index contributed by atoms with van der Waals surface area (Å²) in [6.07, 6.45) is 0.640. The van der Waals surface area contributed by atoms with E-state index in [1.807, 2.05) is 45.0 Å². The van der Waals surface area contributed by atoms with Gasteiger partial charge in [-0.2, -0.15) is 0 Å². The van der Waals surface area contributed by atoms with Gasteiger partial charge in [-0.15, -0.1) is 0 Å². The number of likely N-dealkylation sites (tertiary alicyclic amines) is 1. The number of rotatable bonds is 8. The van der Waals surface area contributed by atoms with E-state index in [0.29, 0.717) is 25.3 Å². The van der Waals surface area contributed by atoms with E-state index in [1.54, 1.807) is 18.2 Å². The first kappa shape index (κ1) is 23.8. The van der Waals surface area contributed by atoms with Crippen molar-refractivity contribution in [3.63, 3.8) is 0 Å². The maximum absolute atomic E-state index is 13.1. The highest BCUT2D eigenvalue weighted by Crippen LogP contribution is 2.42. The molecule has 170 valence electrons. The van der Waals surface area contributed by atoms with Gasteiger partial charge in [-0.05, 0) is 56.5 Å². The molecular weight excluding hydrogens is 430 g/mol. The summed E-state index contributed by atoms with van der Waals surface area (Å²) in [6, 6.07) is 11.6. The molecule has 0 spiro atoms. The van der Waals surface area contributed by atoms with E-state index in [0.717, 1.165) is 11.1 Å². The van der Waals surface area contributed by atoms with Gasteiger partial charge in [-0.1, -0.05) is 35.9 Å². The van der Waals surface area contributed by atoms with Gasteiger partial charge in [0.05, 0.1) is 29.9 Å². The lowest BCUT2D eigenvalue weighted by Gasteiger charge is -2.26. The van der Waals surface area contributed by atoms with Crippen molar-refractivity contribution in [2.24, 2.45) is 0 Å². The highest BCUT2D eigenvalue weighted by atomic mass is 35.5. The van der Waals surface area contributed by atoms with Gasteiger partial charge in [0.1, 0.15) is 11.5 Å². The largest absolute Gasteiger partial charge is 0.507 e. The number of hydrogen-bond acceptors (Lipinski definition) is 5. The average molecular weight is 458 g/mol. The van der Waals surface area contributed by atoms with Gasteiger partial charge >= 0.3 is 0 Å². The second-order valence-corrected chi connectivity index (χ2v) is 8.38. The highest BCUT2D eigenvalue weighted by molar-refractivity contribution is 6.47. The molecule has 7 heteroatoms. The van der Waals surface area contributed by atoms with Crippen LogP contribution in [0.1, 0.15) is 43.0 Å². The zero-order valence-corrected chi connectivity index (χ0v) is 19.5. The van der Waals surface area contributed by atoms with Crippen molar-refractivity contribution < 1.29 is 24.2 Å². The summed E-state index contributed by atoms with van der Waals surface area (Å²) in [6.45, 7) is 6.58. The summed E-state index contributed by atoms with van der Waals surface area (Å²) < 4.78 is 10.8. The molecule has 1 saturated heterocycles. The molecule has 1 aliphatic rings. The minimum absolute atomic E-state index is 0.0178. The number of aryl methyl sites for hydroxylation is 1. The van der Waals surface area contributed by atoms with Crippen molar-refractivity contribution in [3.05, 3.63) is 69.8 Å². The van der Waals surface area contributed by atoms with Crippen molar-refractivity contribution in [1.82, 2.24) is 4.90 Å². The fraction of sp³-hybridized carbons (Fsp3) is 0.360. The molecular formula is C25H28ClNO5. The lowest BCUT2D eigenvalue weighted by molar-refractivity contribution is -0.140. The second kappa shape index (κ2) is 10.2. The lowest BCUT2D eigenvalue weighted by atomic mass is 9.92. The molecule has 32 heavy (non-hydrogen) atoms. The molecule has 1 unspecified atom stereocenters. The van der Waals surface area contributed by atoms with Crippen LogP contribution in [0.15, 0.2) is 48.0 Å². The van der Waals surface area contributed by atoms with E-state index in [-0.39, 0.29) is 28.0 Å². The molecule has 3 rings (SSSR count). The van der Waals surface area contributed by atoms with E-state index >= 15 is 0 Å². The molecule has 0 radical (unpaired) electrons. The Morgan fingerprint density at radius 1 is 1.19 bits per heavy atom. The SMILES string of the molecule is COc1ccc(Cl)c(/C(O)=C2\C(=O)C(=O)N(CCCOC(C)C)C2c2ccccc2C)c1. The van der Waals surface area contributed by atoms with Crippen LogP contribution < -0.4 is 4.74 Å². The fourth-order valence-electron chi connectivity index (χ4n) is 3.84. The Kier molecular flexibility index (Phi) is 7.59. The first-order valence-corrected chi connectivity index (χ1v) is 10.9. The van der Waals surface area contributed by atoms with Gasteiger partial charge in [-0.25, -0.2) is 0 Å². The van der Waals surface area contributed by atoms with Crippen molar-refractivity contribution >= 4 is 29.1 Å². The summed E-state index contributed by atoms with van der Waals surface area (Å²) in [5.41, 5.74) is 1.94. The highest BCUT2D eigenvalue weighted by Gasteiger charge is 2.46. The van der Waals surface area contributed by atoms with Crippen LogP contribution in [0.5, 0.6) is 5.75 Å². The molecule has 1 aliphatic heterocycles. The Balaban J connectivity index is 2.11. The molecule has 2 aromatic carbocycles. The van der Waals surface area contributed by atoms with Crippen LogP contribution in [0, 0.1) is 6.92 Å². The maximum atomic E-state index is 13.1. The summed E-state index contributed by atoms with van der Waals surface area (Å²) in [4.78, 5) is 27.6. The molecule has 1 amide bonds. The van der Waals surface area contributed by atoms with Crippen molar-refractivity contribution in [2.75, 3.05) is 20.3 Å². The third kappa shape index (κ3) is 4.81. The summed E-state index contributed by atoms with van der Waals surface area (Å²) in [5, 5.41) is 11.5. The number of hydrogen-bond donors (Lipinski definition) is 1. The van der Waals surface area contributed by atoms with Crippen molar-refractivity contribution in [3.8, 4) is 5.75 Å². The van der Waals surface area contributed by atoms with Gasteiger partial charge < -0.3 is 19.5 Å². The monoisotopic (exact) mass is 457 g/mol. The molecule has 0 saturated carbocycles. The smallest absolute Gasteiger partial charge is 0.295 e. The van der Waals surface area contributed by atoms with Gasteiger partial charge in [-0.3, -0.25) is 9.59 Å². The summed E-state index contributed by atoms with van der Waals surface area (Å²) >= 11 is 6.33. The predicted octanol–water partition coefficient (Wildman–Crippen LogP) is 4.89. The molecule has 0 aliphatic carbocycles. The van der Waals surface area contributed by atoms with E-state index in [9.17, 15) is 14.7 Å². The first-order chi connectivity index (χ1) is 15.3. The number of methoxy groups -OCH3 is 1. The molecule has 1 fully saturated rings. The number of aliphatic hydroxyl groups is 1. The van der Waals surface area contributed by atoms with Gasteiger partial charge in [0, 0.05) is 18.7 Å².